The fourth-order valence-corrected chi connectivity index (χ4v) is 5.26. The van der Waals surface area contributed by atoms with Crippen LogP contribution >= 0.6 is 11.3 Å². The van der Waals surface area contributed by atoms with E-state index in [2.05, 4.69) is 26.1 Å². The third kappa shape index (κ3) is 3.33. The summed E-state index contributed by atoms with van der Waals surface area (Å²) in [7, 11) is 0. The number of para-hydroxylation sites is 1. The largest absolute Gasteiger partial charge is 0.451 e. The fraction of sp³-hybridized carbons (Fsp3) is 0.364. The monoisotopic (exact) mass is 396 g/mol. The van der Waals surface area contributed by atoms with Gasteiger partial charge in [0.15, 0.2) is 5.76 Å². The highest BCUT2D eigenvalue weighted by Gasteiger charge is 2.33. The van der Waals surface area contributed by atoms with Crippen molar-refractivity contribution in [2.45, 2.75) is 40.0 Å². The highest BCUT2D eigenvalue weighted by molar-refractivity contribution is 7.17. The zero-order chi connectivity index (χ0) is 20.1. The molecule has 1 aliphatic rings. The predicted molar refractivity (Wildman–Crippen MR) is 112 cm³/mol. The lowest BCUT2D eigenvalue weighted by Gasteiger charge is -2.33. The molecular formula is C22H24N2O3S. The molecule has 0 aliphatic heterocycles. The number of benzene rings is 1. The van der Waals surface area contributed by atoms with E-state index in [0.717, 1.165) is 35.1 Å². The second kappa shape index (κ2) is 6.78. The molecule has 5 nitrogen and oxygen atoms in total. The van der Waals surface area contributed by atoms with E-state index in [1.165, 1.54) is 11.3 Å². The average molecular weight is 397 g/mol. The van der Waals surface area contributed by atoms with Crippen LogP contribution < -0.4 is 11.1 Å². The van der Waals surface area contributed by atoms with Crippen molar-refractivity contribution < 1.29 is 14.0 Å². The maximum Gasteiger partial charge on any atom is 0.292 e. The number of thiophene rings is 1. The van der Waals surface area contributed by atoms with Gasteiger partial charge in [-0.2, -0.15) is 0 Å². The first-order valence-corrected chi connectivity index (χ1v) is 10.3. The first kappa shape index (κ1) is 18.7. The van der Waals surface area contributed by atoms with Crippen molar-refractivity contribution in [3.8, 4) is 0 Å². The molecule has 0 saturated carbocycles. The standard InChI is InChI=1S/C22H24N2O3S/c1-22(2,3)13-8-9-14-17(11-13)28-21(18(14)19(23)25)24-20(26)16-10-12-6-4-5-7-15(12)27-16/h4-7,10,13H,8-9,11H2,1-3H3,(H2,23,25)(H,24,26)/t13-/m1/s1. The number of amides is 2. The van der Waals surface area contributed by atoms with Gasteiger partial charge in [-0.15, -0.1) is 11.3 Å². The molecule has 0 radical (unpaired) electrons. The zero-order valence-corrected chi connectivity index (χ0v) is 17.1. The summed E-state index contributed by atoms with van der Waals surface area (Å²) in [4.78, 5) is 26.0. The molecule has 0 saturated heterocycles. The van der Waals surface area contributed by atoms with Crippen molar-refractivity contribution in [1.29, 1.82) is 0 Å². The van der Waals surface area contributed by atoms with Gasteiger partial charge >= 0.3 is 0 Å². The van der Waals surface area contributed by atoms with Gasteiger partial charge in [-0.3, -0.25) is 9.59 Å². The Hall–Kier alpha value is -2.60. The number of carbonyl (C=O) groups is 2. The van der Waals surface area contributed by atoms with Crippen LogP contribution in [0, 0.1) is 11.3 Å². The smallest absolute Gasteiger partial charge is 0.292 e. The lowest BCUT2D eigenvalue weighted by Crippen LogP contribution is -2.27. The second-order valence-corrected chi connectivity index (χ2v) is 9.59. The van der Waals surface area contributed by atoms with Crippen molar-refractivity contribution in [3.05, 3.63) is 52.1 Å². The molecule has 146 valence electrons. The molecule has 2 aromatic heterocycles. The summed E-state index contributed by atoms with van der Waals surface area (Å²) in [5.74, 6) is -0.106. The Morgan fingerprint density at radius 2 is 2.00 bits per heavy atom. The quantitative estimate of drug-likeness (QED) is 0.653. The Kier molecular flexibility index (Phi) is 4.54. The van der Waals surface area contributed by atoms with E-state index in [4.69, 9.17) is 10.2 Å². The molecule has 0 bridgehead atoms. The van der Waals surface area contributed by atoms with Crippen LogP contribution in [0.3, 0.4) is 0 Å². The predicted octanol–water partition coefficient (Wildman–Crippen LogP) is 5.00. The summed E-state index contributed by atoms with van der Waals surface area (Å²) in [6.07, 6.45) is 2.74. The molecule has 3 N–H and O–H groups in total. The molecule has 1 aliphatic carbocycles. The number of hydrogen-bond acceptors (Lipinski definition) is 4. The minimum atomic E-state index is -0.494. The summed E-state index contributed by atoms with van der Waals surface area (Å²) in [5, 5.41) is 4.25. The van der Waals surface area contributed by atoms with Gasteiger partial charge in [0.1, 0.15) is 10.6 Å². The van der Waals surface area contributed by atoms with Gasteiger partial charge < -0.3 is 15.5 Å². The molecule has 6 heteroatoms. The molecule has 0 unspecified atom stereocenters. The van der Waals surface area contributed by atoms with Crippen molar-refractivity contribution in [3.63, 3.8) is 0 Å². The first-order valence-electron chi connectivity index (χ1n) is 9.48. The van der Waals surface area contributed by atoms with E-state index in [9.17, 15) is 9.59 Å². The van der Waals surface area contributed by atoms with E-state index in [-0.39, 0.29) is 17.1 Å². The van der Waals surface area contributed by atoms with Crippen LogP contribution in [0.25, 0.3) is 11.0 Å². The third-order valence-electron chi connectivity index (χ3n) is 5.61. The van der Waals surface area contributed by atoms with Crippen molar-refractivity contribution in [2.75, 3.05) is 5.32 Å². The number of nitrogens with two attached hydrogens (primary N) is 1. The summed E-state index contributed by atoms with van der Waals surface area (Å²) in [5.41, 5.74) is 7.98. The van der Waals surface area contributed by atoms with Crippen molar-refractivity contribution in [2.24, 2.45) is 17.1 Å². The maximum absolute atomic E-state index is 12.7. The fourth-order valence-electron chi connectivity index (χ4n) is 3.93. The van der Waals surface area contributed by atoms with Gasteiger partial charge in [0, 0.05) is 10.3 Å². The highest BCUT2D eigenvalue weighted by atomic mass is 32.1. The average Bonchev–Trinajstić information content (AvgIpc) is 3.21. The Labute approximate surface area is 167 Å². The van der Waals surface area contributed by atoms with Gasteiger partial charge in [-0.1, -0.05) is 39.0 Å². The SMILES string of the molecule is CC(C)(C)[C@@H]1CCc2c(sc(NC(=O)c3cc4ccccc4o3)c2C(N)=O)C1. The van der Waals surface area contributed by atoms with Gasteiger partial charge in [0.25, 0.3) is 11.8 Å². The first-order chi connectivity index (χ1) is 13.2. The highest BCUT2D eigenvalue weighted by Crippen LogP contribution is 2.44. The van der Waals surface area contributed by atoms with Gasteiger partial charge in [-0.05, 0) is 48.3 Å². The molecule has 2 heterocycles. The Morgan fingerprint density at radius 1 is 1.25 bits per heavy atom. The Bertz CT molecular complexity index is 1040. The molecule has 1 aromatic carbocycles. The number of carbonyl (C=O) groups excluding carboxylic acids is 2. The number of nitrogens with one attached hydrogen (secondary N) is 1. The number of fused-ring (bicyclic) bond motifs is 2. The van der Waals surface area contributed by atoms with Gasteiger partial charge in [0.05, 0.1) is 5.56 Å². The van der Waals surface area contributed by atoms with Crippen LogP contribution in [0.4, 0.5) is 5.00 Å². The molecule has 0 fully saturated rings. The van der Waals surface area contributed by atoms with Crippen LogP contribution in [0.15, 0.2) is 34.7 Å². The maximum atomic E-state index is 12.7. The lowest BCUT2D eigenvalue weighted by atomic mass is 9.72. The van der Waals surface area contributed by atoms with Crippen molar-refractivity contribution in [1.82, 2.24) is 0 Å². The number of furan rings is 1. The topological polar surface area (TPSA) is 85.3 Å². The van der Waals surface area contributed by atoms with E-state index in [0.29, 0.717) is 22.1 Å². The van der Waals surface area contributed by atoms with E-state index in [1.54, 1.807) is 6.07 Å². The molecule has 3 aromatic rings. The minimum Gasteiger partial charge on any atom is -0.451 e. The molecule has 1 atom stereocenters. The van der Waals surface area contributed by atoms with Gasteiger partial charge in [0.2, 0.25) is 0 Å². The van der Waals surface area contributed by atoms with Crippen molar-refractivity contribution >= 4 is 39.1 Å². The number of anilines is 1. The summed E-state index contributed by atoms with van der Waals surface area (Å²) in [6.45, 7) is 6.74. The lowest BCUT2D eigenvalue weighted by molar-refractivity contribution is 0.0999. The summed E-state index contributed by atoms with van der Waals surface area (Å²) < 4.78 is 5.64. The Morgan fingerprint density at radius 3 is 2.68 bits per heavy atom. The molecule has 4 rings (SSSR count). The normalized spacial score (nSPS) is 16.8. The molecular weight excluding hydrogens is 372 g/mol. The van der Waals surface area contributed by atoms with E-state index < -0.39 is 5.91 Å². The second-order valence-electron chi connectivity index (χ2n) is 8.48. The van der Waals surface area contributed by atoms with Crippen LogP contribution in [-0.4, -0.2) is 11.8 Å². The third-order valence-corrected chi connectivity index (χ3v) is 6.78. The zero-order valence-electron chi connectivity index (χ0n) is 16.3. The molecule has 28 heavy (non-hydrogen) atoms. The Balaban J connectivity index is 1.65. The van der Waals surface area contributed by atoms with Crippen LogP contribution in [0.1, 0.15) is 58.5 Å². The van der Waals surface area contributed by atoms with Crippen LogP contribution in [0.5, 0.6) is 0 Å². The van der Waals surface area contributed by atoms with E-state index >= 15 is 0 Å². The summed E-state index contributed by atoms with van der Waals surface area (Å²) in [6, 6.07) is 9.16. The summed E-state index contributed by atoms with van der Waals surface area (Å²) >= 11 is 1.47. The van der Waals surface area contributed by atoms with Gasteiger partial charge in [-0.25, -0.2) is 0 Å². The van der Waals surface area contributed by atoms with E-state index in [1.807, 2.05) is 24.3 Å². The minimum absolute atomic E-state index is 0.201. The number of primary amides is 1. The van der Waals surface area contributed by atoms with Crippen LogP contribution in [-0.2, 0) is 12.8 Å². The number of hydrogen-bond donors (Lipinski definition) is 2. The molecule has 2 amide bonds. The van der Waals surface area contributed by atoms with Crippen LogP contribution in [0.2, 0.25) is 0 Å². The number of rotatable bonds is 3. The molecule has 0 spiro atoms.